The van der Waals surface area contributed by atoms with Crippen LogP contribution < -0.4 is 21.3 Å². The first-order valence-electron chi connectivity index (χ1n) is 11.3. The quantitative estimate of drug-likeness (QED) is 0.589. The van der Waals surface area contributed by atoms with Crippen molar-refractivity contribution < 1.29 is 0 Å². The van der Waals surface area contributed by atoms with E-state index >= 15 is 0 Å². The summed E-state index contributed by atoms with van der Waals surface area (Å²) < 4.78 is 0. The summed E-state index contributed by atoms with van der Waals surface area (Å²) in [6.07, 6.45) is 9.55. The number of nitrogens with zero attached hydrogens (tertiary/aromatic N) is 3. The lowest BCUT2D eigenvalue weighted by Crippen LogP contribution is -2.52. The highest BCUT2D eigenvalue weighted by molar-refractivity contribution is 5.66. The Morgan fingerprint density at radius 3 is 2.74 bits per heavy atom. The third kappa shape index (κ3) is 4.59. The van der Waals surface area contributed by atoms with Gasteiger partial charge in [0.25, 0.3) is 0 Å². The zero-order valence-electron chi connectivity index (χ0n) is 18.5. The molecule has 4 rings (SSSR count). The fraction of sp³-hybridized carbons (Fsp3) is 0.440. The molecule has 1 aliphatic heterocycles. The third-order valence-corrected chi connectivity index (χ3v) is 6.57. The Morgan fingerprint density at radius 1 is 1.23 bits per heavy atom. The lowest BCUT2D eigenvalue weighted by atomic mass is 9.84. The maximum absolute atomic E-state index is 6.02. The van der Waals surface area contributed by atoms with Gasteiger partial charge < -0.3 is 21.3 Å². The standard InChI is InChI=1S/C25H34N6/c1-18(28-21-8-4-5-9-21)22-12-11-20-13-14-25(3,15-16-26)31(24(20)30-22)19(2)29-23-10-6-7-17-27-23/h6-7,10-12,17,21,28H,1-2,4-5,8-9,13-16,26H2,3H3,(H,27,29)/t25-/m1/s1. The molecule has 164 valence electrons. The van der Waals surface area contributed by atoms with Crippen LogP contribution >= 0.6 is 0 Å². The minimum absolute atomic E-state index is 0.174. The number of hydrogen-bond donors (Lipinski definition) is 3. The Hall–Kier alpha value is -2.86. The van der Waals surface area contributed by atoms with Crippen molar-refractivity contribution in [2.45, 2.75) is 63.5 Å². The van der Waals surface area contributed by atoms with Gasteiger partial charge in [-0.1, -0.05) is 38.1 Å². The van der Waals surface area contributed by atoms with Gasteiger partial charge in [-0.25, -0.2) is 9.97 Å². The molecular formula is C25H34N6. The molecule has 6 nitrogen and oxygen atoms in total. The van der Waals surface area contributed by atoms with Gasteiger partial charge in [0.1, 0.15) is 17.5 Å². The molecule has 3 heterocycles. The van der Waals surface area contributed by atoms with Crippen molar-refractivity contribution in [3.05, 3.63) is 66.8 Å². The molecule has 6 heteroatoms. The molecule has 0 radical (unpaired) electrons. The van der Waals surface area contributed by atoms with E-state index in [2.05, 4.69) is 52.7 Å². The van der Waals surface area contributed by atoms with Crippen molar-refractivity contribution in [2.75, 3.05) is 16.8 Å². The molecule has 1 fully saturated rings. The fourth-order valence-corrected chi connectivity index (χ4v) is 4.84. The zero-order valence-corrected chi connectivity index (χ0v) is 18.5. The molecule has 1 aliphatic carbocycles. The molecule has 0 saturated heterocycles. The molecule has 2 aliphatic rings. The van der Waals surface area contributed by atoms with Gasteiger partial charge in [0.05, 0.1) is 11.4 Å². The van der Waals surface area contributed by atoms with Crippen molar-refractivity contribution in [2.24, 2.45) is 5.73 Å². The summed E-state index contributed by atoms with van der Waals surface area (Å²) in [4.78, 5) is 11.7. The second-order valence-corrected chi connectivity index (χ2v) is 8.94. The summed E-state index contributed by atoms with van der Waals surface area (Å²) in [5.41, 5.74) is 8.84. The van der Waals surface area contributed by atoms with Gasteiger partial charge in [-0.05, 0) is 69.3 Å². The summed E-state index contributed by atoms with van der Waals surface area (Å²) >= 11 is 0. The molecule has 0 amide bonds. The highest BCUT2D eigenvalue weighted by atomic mass is 15.3. The highest BCUT2D eigenvalue weighted by Crippen LogP contribution is 2.40. The predicted molar refractivity (Wildman–Crippen MR) is 129 cm³/mol. The number of aromatic nitrogens is 2. The topological polar surface area (TPSA) is 79.1 Å². The van der Waals surface area contributed by atoms with Crippen molar-refractivity contribution in [3.8, 4) is 0 Å². The molecule has 4 N–H and O–H groups in total. The van der Waals surface area contributed by atoms with Gasteiger partial charge >= 0.3 is 0 Å². The summed E-state index contributed by atoms with van der Waals surface area (Å²) in [5.74, 6) is 2.45. The SMILES string of the molecule is C=C(NC1CCCC1)c1ccc2c(n1)N(C(=C)Nc1ccccn1)[C@@](C)(CCN)CC2. The van der Waals surface area contributed by atoms with Gasteiger partial charge in [0, 0.05) is 17.8 Å². The lowest BCUT2D eigenvalue weighted by molar-refractivity contribution is 0.372. The van der Waals surface area contributed by atoms with Crippen molar-refractivity contribution in [3.63, 3.8) is 0 Å². The largest absolute Gasteiger partial charge is 0.381 e. The first kappa shape index (κ1) is 21.4. The van der Waals surface area contributed by atoms with Crippen molar-refractivity contribution in [1.82, 2.24) is 15.3 Å². The summed E-state index contributed by atoms with van der Waals surface area (Å²) in [6, 6.07) is 10.6. The van der Waals surface area contributed by atoms with Gasteiger partial charge in [-0.3, -0.25) is 0 Å². The van der Waals surface area contributed by atoms with Crippen LogP contribution in [0.3, 0.4) is 0 Å². The smallest absolute Gasteiger partial charge is 0.138 e. The second kappa shape index (κ2) is 9.10. The first-order chi connectivity index (χ1) is 15.0. The van der Waals surface area contributed by atoms with E-state index in [9.17, 15) is 0 Å². The zero-order chi connectivity index (χ0) is 21.8. The van der Waals surface area contributed by atoms with E-state index in [1.165, 1.54) is 31.2 Å². The molecule has 1 saturated carbocycles. The number of nitrogens with one attached hydrogen (secondary N) is 2. The average molecular weight is 419 g/mol. The van der Waals surface area contributed by atoms with E-state index < -0.39 is 0 Å². The monoisotopic (exact) mass is 418 g/mol. The van der Waals surface area contributed by atoms with Gasteiger partial charge in [-0.15, -0.1) is 0 Å². The number of pyridine rings is 2. The summed E-state index contributed by atoms with van der Waals surface area (Å²) in [5, 5.41) is 6.96. The maximum atomic E-state index is 6.02. The van der Waals surface area contributed by atoms with Crippen LogP contribution in [-0.2, 0) is 6.42 Å². The van der Waals surface area contributed by atoms with E-state index in [-0.39, 0.29) is 5.54 Å². The van der Waals surface area contributed by atoms with Crippen LogP contribution in [-0.4, -0.2) is 28.1 Å². The van der Waals surface area contributed by atoms with E-state index in [1.807, 2.05) is 18.2 Å². The summed E-state index contributed by atoms with van der Waals surface area (Å²) in [7, 11) is 0. The number of fused-ring (bicyclic) bond motifs is 1. The van der Waals surface area contributed by atoms with Crippen LogP contribution in [0.5, 0.6) is 0 Å². The minimum Gasteiger partial charge on any atom is -0.381 e. The molecule has 2 aromatic heterocycles. The normalized spacial score (nSPS) is 20.9. The van der Waals surface area contributed by atoms with E-state index in [0.29, 0.717) is 12.6 Å². The molecule has 0 aromatic carbocycles. The van der Waals surface area contributed by atoms with Crippen LogP contribution in [0.25, 0.3) is 5.70 Å². The van der Waals surface area contributed by atoms with Crippen LogP contribution in [0.2, 0.25) is 0 Å². The Bertz CT molecular complexity index is 934. The molecule has 0 unspecified atom stereocenters. The second-order valence-electron chi connectivity index (χ2n) is 8.94. The molecular weight excluding hydrogens is 384 g/mol. The Labute approximate surface area is 185 Å². The number of anilines is 2. The molecule has 0 spiro atoms. The fourth-order valence-electron chi connectivity index (χ4n) is 4.84. The average Bonchev–Trinajstić information content (AvgIpc) is 3.27. The molecule has 31 heavy (non-hydrogen) atoms. The van der Waals surface area contributed by atoms with E-state index in [4.69, 9.17) is 10.7 Å². The van der Waals surface area contributed by atoms with Crippen molar-refractivity contribution in [1.29, 1.82) is 0 Å². The van der Waals surface area contributed by atoms with Crippen LogP contribution in [0.15, 0.2) is 55.5 Å². The Balaban J connectivity index is 1.65. The van der Waals surface area contributed by atoms with Crippen LogP contribution in [0.4, 0.5) is 11.6 Å². The van der Waals surface area contributed by atoms with Gasteiger partial charge in [-0.2, -0.15) is 0 Å². The van der Waals surface area contributed by atoms with Crippen molar-refractivity contribution >= 4 is 17.3 Å². The molecule has 2 aromatic rings. The molecule has 0 bridgehead atoms. The number of aryl methyl sites for hydroxylation is 1. The van der Waals surface area contributed by atoms with E-state index in [0.717, 1.165) is 48.1 Å². The number of rotatable bonds is 8. The molecule has 1 atom stereocenters. The Kier molecular flexibility index (Phi) is 6.28. The third-order valence-electron chi connectivity index (χ3n) is 6.57. The number of nitrogens with two attached hydrogens (primary N) is 1. The number of hydrogen-bond acceptors (Lipinski definition) is 6. The summed E-state index contributed by atoms with van der Waals surface area (Å²) in [6.45, 7) is 11.5. The Morgan fingerprint density at radius 2 is 2.03 bits per heavy atom. The minimum atomic E-state index is -0.174. The lowest BCUT2D eigenvalue weighted by Gasteiger charge is -2.47. The first-order valence-corrected chi connectivity index (χ1v) is 11.3. The van der Waals surface area contributed by atoms with Gasteiger partial charge in [0.15, 0.2) is 0 Å². The van der Waals surface area contributed by atoms with Crippen LogP contribution in [0, 0.1) is 0 Å². The van der Waals surface area contributed by atoms with Gasteiger partial charge in [0.2, 0.25) is 0 Å². The predicted octanol–water partition coefficient (Wildman–Crippen LogP) is 4.42. The maximum Gasteiger partial charge on any atom is 0.138 e. The van der Waals surface area contributed by atoms with E-state index in [1.54, 1.807) is 6.20 Å². The highest BCUT2D eigenvalue weighted by Gasteiger charge is 2.39. The van der Waals surface area contributed by atoms with Crippen LogP contribution in [0.1, 0.15) is 56.7 Å².